The van der Waals surface area contributed by atoms with Gasteiger partial charge in [-0.2, -0.15) is 5.10 Å². The molecule has 1 aliphatic carbocycles. The molecule has 0 spiro atoms. The molecule has 0 radical (unpaired) electrons. The summed E-state index contributed by atoms with van der Waals surface area (Å²) in [5, 5.41) is 20.2. The number of hydrogen-bond acceptors (Lipinski definition) is 7. The maximum atomic E-state index is 12.8. The van der Waals surface area contributed by atoms with E-state index in [9.17, 15) is 9.90 Å². The van der Waals surface area contributed by atoms with E-state index in [1.807, 2.05) is 60.7 Å². The number of rotatable bonds is 5. The van der Waals surface area contributed by atoms with Crippen molar-refractivity contribution in [1.82, 2.24) is 30.0 Å². The zero-order valence-electron chi connectivity index (χ0n) is 19.2. The van der Waals surface area contributed by atoms with Gasteiger partial charge in [0.15, 0.2) is 5.65 Å². The van der Waals surface area contributed by atoms with E-state index < -0.39 is 6.10 Å². The summed E-state index contributed by atoms with van der Waals surface area (Å²) in [6.07, 6.45) is 6.79. The third-order valence-electron chi connectivity index (χ3n) is 6.44. The van der Waals surface area contributed by atoms with Gasteiger partial charge in [-0.05, 0) is 17.0 Å². The average molecular weight is 478 g/mol. The molecule has 36 heavy (non-hydrogen) atoms. The van der Waals surface area contributed by atoms with Gasteiger partial charge < -0.3 is 16.2 Å². The topological polar surface area (TPSA) is 132 Å². The maximum Gasteiger partial charge on any atom is 0.270 e. The molecule has 178 valence electrons. The van der Waals surface area contributed by atoms with Crippen LogP contribution in [0.3, 0.4) is 0 Å². The van der Waals surface area contributed by atoms with E-state index in [-0.39, 0.29) is 11.9 Å². The molecule has 2 aromatic carbocycles. The van der Waals surface area contributed by atoms with Gasteiger partial charge in [-0.3, -0.25) is 9.78 Å². The summed E-state index contributed by atoms with van der Waals surface area (Å²) in [6, 6.07) is 17.2. The predicted octanol–water partition coefficient (Wildman–Crippen LogP) is 3.42. The van der Waals surface area contributed by atoms with Gasteiger partial charge in [0, 0.05) is 30.1 Å². The second-order valence-electron chi connectivity index (χ2n) is 8.77. The number of amides is 1. The van der Waals surface area contributed by atoms with Crippen LogP contribution in [0.15, 0.2) is 79.3 Å². The lowest BCUT2D eigenvalue weighted by Crippen LogP contribution is -2.24. The molecule has 2 unspecified atom stereocenters. The predicted molar refractivity (Wildman–Crippen MR) is 137 cm³/mol. The summed E-state index contributed by atoms with van der Waals surface area (Å²) < 4.78 is 1.79. The molecule has 9 heteroatoms. The lowest BCUT2D eigenvalue weighted by molar-refractivity contribution is 0.0947. The first-order valence-electron chi connectivity index (χ1n) is 11.6. The Kier molecular flexibility index (Phi) is 5.38. The van der Waals surface area contributed by atoms with E-state index in [0.717, 1.165) is 21.9 Å². The number of carbonyl (C=O) groups excluding carboxylic acids is 1. The Hall–Kier alpha value is -4.63. The first-order chi connectivity index (χ1) is 17.6. The molecule has 0 aliphatic heterocycles. The highest BCUT2D eigenvalue weighted by molar-refractivity contribution is 6.05. The van der Waals surface area contributed by atoms with Crippen molar-refractivity contribution in [2.75, 3.05) is 5.73 Å². The highest BCUT2D eigenvalue weighted by Gasteiger charge is 2.25. The number of nitrogens with zero attached hydrogens (tertiary/aromatic N) is 5. The van der Waals surface area contributed by atoms with E-state index in [1.54, 1.807) is 17.0 Å². The van der Waals surface area contributed by atoms with Crippen molar-refractivity contribution >= 4 is 33.5 Å². The molecule has 3 aromatic heterocycles. The molecule has 0 saturated carbocycles. The molecular weight excluding hydrogens is 454 g/mol. The maximum absolute atomic E-state index is 12.8. The van der Waals surface area contributed by atoms with Crippen molar-refractivity contribution in [1.29, 1.82) is 0 Å². The number of fused-ring (bicyclic) bond motifs is 2. The lowest BCUT2D eigenvalue weighted by Gasteiger charge is -2.10. The van der Waals surface area contributed by atoms with Gasteiger partial charge in [0.25, 0.3) is 5.91 Å². The van der Waals surface area contributed by atoms with Crippen molar-refractivity contribution in [2.45, 2.75) is 25.1 Å². The Morgan fingerprint density at radius 2 is 1.89 bits per heavy atom. The first-order valence-corrected chi connectivity index (χ1v) is 11.6. The zero-order valence-corrected chi connectivity index (χ0v) is 19.2. The fourth-order valence-electron chi connectivity index (χ4n) is 4.62. The summed E-state index contributed by atoms with van der Waals surface area (Å²) in [6.45, 7) is 0.356. The summed E-state index contributed by atoms with van der Waals surface area (Å²) in [7, 11) is 0. The number of hydrogen-bond donors (Lipinski definition) is 3. The Labute approximate surface area is 206 Å². The number of aliphatic hydroxyl groups is 1. The third-order valence-corrected chi connectivity index (χ3v) is 6.44. The number of pyridine rings is 1. The molecule has 1 amide bonds. The molecule has 2 atom stereocenters. The zero-order chi connectivity index (χ0) is 24.6. The van der Waals surface area contributed by atoms with Crippen molar-refractivity contribution in [2.24, 2.45) is 0 Å². The molecule has 6 rings (SSSR count). The van der Waals surface area contributed by atoms with E-state index in [4.69, 9.17) is 10.8 Å². The fourth-order valence-corrected chi connectivity index (χ4v) is 4.62. The van der Waals surface area contributed by atoms with Crippen molar-refractivity contribution in [3.63, 3.8) is 0 Å². The Balaban J connectivity index is 1.25. The SMILES string of the molecule is Nc1ncnc2c1c(-c1ccc(CNC(=O)c3nccc4ccccc34)cc1)nn2C1C=CC(O)C1. The number of aromatic nitrogens is 5. The van der Waals surface area contributed by atoms with E-state index in [2.05, 4.69) is 20.3 Å². The van der Waals surface area contributed by atoms with Gasteiger partial charge in [-0.15, -0.1) is 0 Å². The number of aliphatic hydroxyl groups excluding tert-OH is 1. The molecule has 0 bridgehead atoms. The Morgan fingerprint density at radius 3 is 2.69 bits per heavy atom. The summed E-state index contributed by atoms with van der Waals surface area (Å²) >= 11 is 0. The van der Waals surface area contributed by atoms with E-state index in [1.165, 1.54) is 6.33 Å². The van der Waals surface area contributed by atoms with Crippen LogP contribution in [0.25, 0.3) is 33.1 Å². The number of carbonyl (C=O) groups is 1. The summed E-state index contributed by atoms with van der Waals surface area (Å²) in [5.74, 6) is 0.125. The number of benzene rings is 2. The highest BCUT2D eigenvalue weighted by Crippen LogP contribution is 2.34. The number of nitrogens with two attached hydrogens (primary N) is 1. The standard InChI is InChI=1S/C27H23N7O2/c28-25-22-23(33-34(26(22)32-15-31-25)19-9-10-20(35)13-19)18-7-5-16(6-8-18)14-30-27(36)24-21-4-2-1-3-17(21)11-12-29-24/h1-12,15,19-20,35H,13-14H2,(H,30,36)(H2,28,31,32). The van der Waals surface area contributed by atoms with Gasteiger partial charge >= 0.3 is 0 Å². The molecular formula is C27H23N7O2. The Bertz CT molecular complexity index is 1620. The minimum Gasteiger partial charge on any atom is -0.389 e. The van der Waals surface area contributed by atoms with Crippen LogP contribution in [0.2, 0.25) is 0 Å². The van der Waals surface area contributed by atoms with Crippen LogP contribution in [-0.4, -0.2) is 41.9 Å². The molecule has 0 fully saturated rings. The second kappa shape index (κ2) is 8.86. The average Bonchev–Trinajstić information content (AvgIpc) is 3.51. The van der Waals surface area contributed by atoms with Crippen LogP contribution in [-0.2, 0) is 6.54 Å². The largest absolute Gasteiger partial charge is 0.389 e. The summed E-state index contributed by atoms with van der Waals surface area (Å²) in [4.78, 5) is 25.7. The second-order valence-corrected chi connectivity index (χ2v) is 8.77. The van der Waals surface area contributed by atoms with Crippen LogP contribution < -0.4 is 11.1 Å². The lowest BCUT2D eigenvalue weighted by atomic mass is 10.1. The normalized spacial score (nSPS) is 17.1. The van der Waals surface area contributed by atoms with E-state index >= 15 is 0 Å². The molecule has 4 N–H and O–H groups in total. The fraction of sp³-hybridized carbons (Fsp3) is 0.148. The molecule has 9 nitrogen and oxygen atoms in total. The smallest absolute Gasteiger partial charge is 0.270 e. The van der Waals surface area contributed by atoms with Crippen LogP contribution >= 0.6 is 0 Å². The minimum atomic E-state index is -0.504. The first kappa shape index (κ1) is 21.9. The van der Waals surface area contributed by atoms with Crippen LogP contribution in [0, 0.1) is 0 Å². The number of anilines is 1. The van der Waals surface area contributed by atoms with Crippen molar-refractivity contribution in [3.05, 3.63) is 90.5 Å². The molecule has 0 saturated heterocycles. The molecule has 3 heterocycles. The van der Waals surface area contributed by atoms with Gasteiger partial charge in [-0.25, -0.2) is 14.6 Å². The van der Waals surface area contributed by atoms with Gasteiger partial charge in [0.05, 0.1) is 17.5 Å². The summed E-state index contributed by atoms with van der Waals surface area (Å²) in [5.41, 5.74) is 9.71. The van der Waals surface area contributed by atoms with Crippen molar-refractivity contribution < 1.29 is 9.90 Å². The van der Waals surface area contributed by atoms with E-state index in [0.29, 0.717) is 41.2 Å². The molecule has 5 aromatic rings. The van der Waals surface area contributed by atoms with Gasteiger partial charge in [-0.1, -0.05) is 60.7 Å². The quantitative estimate of drug-likeness (QED) is 0.331. The number of nitrogen functional groups attached to an aromatic ring is 1. The number of nitrogens with one attached hydrogen (secondary N) is 1. The van der Waals surface area contributed by atoms with Crippen LogP contribution in [0.5, 0.6) is 0 Å². The molecule has 1 aliphatic rings. The third kappa shape index (κ3) is 3.85. The van der Waals surface area contributed by atoms with Crippen LogP contribution in [0.4, 0.5) is 5.82 Å². The number of allylic oxidation sites excluding steroid dienone is 1. The van der Waals surface area contributed by atoms with Gasteiger partial charge in [0.2, 0.25) is 0 Å². The van der Waals surface area contributed by atoms with Crippen molar-refractivity contribution in [3.8, 4) is 11.3 Å². The Morgan fingerprint density at radius 1 is 1.06 bits per heavy atom. The monoisotopic (exact) mass is 477 g/mol. The highest BCUT2D eigenvalue weighted by atomic mass is 16.3. The van der Waals surface area contributed by atoms with Gasteiger partial charge in [0.1, 0.15) is 23.5 Å². The minimum absolute atomic E-state index is 0.109. The van der Waals surface area contributed by atoms with Crippen LogP contribution in [0.1, 0.15) is 28.5 Å².